The summed E-state index contributed by atoms with van der Waals surface area (Å²) in [7, 11) is 0. The largest absolute Gasteiger partial charge is 0.296 e. The summed E-state index contributed by atoms with van der Waals surface area (Å²) in [5, 5.41) is 7.53. The maximum atomic E-state index is 4.45. The fourth-order valence-corrected chi connectivity index (χ4v) is 3.30. The van der Waals surface area contributed by atoms with E-state index < -0.39 is 0 Å². The van der Waals surface area contributed by atoms with Crippen molar-refractivity contribution >= 4 is 0 Å². The fraction of sp³-hybridized carbons (Fsp3) is 0.667. The summed E-state index contributed by atoms with van der Waals surface area (Å²) in [5.74, 6) is 0.624. The van der Waals surface area contributed by atoms with Gasteiger partial charge in [-0.2, -0.15) is 5.10 Å². The molecule has 3 rings (SSSR count). The number of hydrogen-bond donors (Lipinski definition) is 1. The van der Waals surface area contributed by atoms with Crippen LogP contribution in [0.3, 0.4) is 0 Å². The van der Waals surface area contributed by atoms with E-state index in [-0.39, 0.29) is 0 Å². The van der Waals surface area contributed by atoms with E-state index in [1.54, 1.807) is 0 Å². The van der Waals surface area contributed by atoms with Crippen LogP contribution in [0.4, 0.5) is 0 Å². The molecule has 0 spiro atoms. The Kier molecular flexibility index (Phi) is 3.50. The minimum atomic E-state index is 0.624. The molecule has 0 saturated carbocycles. The van der Waals surface area contributed by atoms with Gasteiger partial charge in [0, 0.05) is 24.2 Å². The number of H-pyrrole nitrogens is 1. The molecule has 2 atom stereocenters. The molecule has 3 nitrogen and oxygen atoms in total. The lowest BCUT2D eigenvalue weighted by Crippen LogP contribution is -2.41. The number of piperidine rings is 1. The summed E-state index contributed by atoms with van der Waals surface area (Å²) >= 11 is 0. The van der Waals surface area contributed by atoms with Crippen LogP contribution in [-0.4, -0.2) is 34.2 Å². The molecule has 2 heterocycles. The first kappa shape index (κ1) is 12.0. The van der Waals surface area contributed by atoms with Gasteiger partial charge in [-0.3, -0.25) is 10.00 Å². The van der Waals surface area contributed by atoms with Crippen molar-refractivity contribution in [3.63, 3.8) is 0 Å². The van der Waals surface area contributed by atoms with Gasteiger partial charge in [-0.05, 0) is 51.6 Å². The number of likely N-dealkylation sites (tertiary alicyclic amines) is 1. The Hall–Kier alpha value is -1.09. The van der Waals surface area contributed by atoms with E-state index in [1.165, 1.54) is 56.6 Å². The van der Waals surface area contributed by atoms with E-state index in [1.807, 2.05) is 0 Å². The SMILES string of the molecule is Cc1cc([C@@H]2CCCN([C@@H]3C=CCCC3)C2)n[nH]1. The first-order chi connectivity index (χ1) is 8.83. The molecule has 1 aliphatic carbocycles. The molecule has 18 heavy (non-hydrogen) atoms. The van der Waals surface area contributed by atoms with Gasteiger partial charge in [0.15, 0.2) is 0 Å². The highest BCUT2D eigenvalue weighted by Gasteiger charge is 2.27. The lowest BCUT2D eigenvalue weighted by Gasteiger charge is -2.37. The average molecular weight is 245 g/mol. The molecular formula is C15H23N3. The second kappa shape index (κ2) is 5.27. The summed E-state index contributed by atoms with van der Waals surface area (Å²) in [4.78, 5) is 2.66. The van der Waals surface area contributed by atoms with E-state index in [4.69, 9.17) is 0 Å². The number of hydrogen-bond acceptors (Lipinski definition) is 2. The molecule has 1 aromatic rings. The lowest BCUT2D eigenvalue weighted by molar-refractivity contribution is 0.161. The Morgan fingerprint density at radius 2 is 2.28 bits per heavy atom. The number of nitrogens with one attached hydrogen (secondary N) is 1. The Morgan fingerprint density at radius 3 is 3.00 bits per heavy atom. The molecule has 0 radical (unpaired) electrons. The molecule has 0 unspecified atom stereocenters. The van der Waals surface area contributed by atoms with Gasteiger partial charge in [0.05, 0.1) is 5.69 Å². The normalized spacial score (nSPS) is 29.6. The van der Waals surface area contributed by atoms with Crippen LogP contribution >= 0.6 is 0 Å². The number of allylic oxidation sites excluding steroid dienone is 1. The Labute approximate surface area is 109 Å². The second-order valence-corrected chi connectivity index (χ2v) is 5.74. The Balaban J connectivity index is 1.68. The molecule has 1 fully saturated rings. The molecule has 1 aliphatic heterocycles. The topological polar surface area (TPSA) is 31.9 Å². The van der Waals surface area contributed by atoms with Crippen LogP contribution in [0.25, 0.3) is 0 Å². The number of aromatic amines is 1. The summed E-state index contributed by atoms with van der Waals surface area (Å²) in [6.45, 7) is 4.52. The zero-order chi connectivity index (χ0) is 12.4. The van der Waals surface area contributed by atoms with Crippen LogP contribution in [0.5, 0.6) is 0 Å². The van der Waals surface area contributed by atoms with E-state index in [9.17, 15) is 0 Å². The molecular weight excluding hydrogens is 222 g/mol. The van der Waals surface area contributed by atoms with E-state index in [0.29, 0.717) is 12.0 Å². The average Bonchev–Trinajstić information content (AvgIpc) is 2.87. The van der Waals surface area contributed by atoms with Gasteiger partial charge in [-0.15, -0.1) is 0 Å². The molecule has 0 amide bonds. The van der Waals surface area contributed by atoms with Crippen LogP contribution in [0.2, 0.25) is 0 Å². The van der Waals surface area contributed by atoms with Crippen molar-refractivity contribution in [1.82, 2.24) is 15.1 Å². The molecule has 98 valence electrons. The van der Waals surface area contributed by atoms with Crippen molar-refractivity contribution in [2.24, 2.45) is 0 Å². The van der Waals surface area contributed by atoms with Gasteiger partial charge in [0.2, 0.25) is 0 Å². The van der Waals surface area contributed by atoms with Crippen molar-refractivity contribution in [2.75, 3.05) is 13.1 Å². The van der Waals surface area contributed by atoms with Gasteiger partial charge < -0.3 is 0 Å². The first-order valence-corrected chi connectivity index (χ1v) is 7.25. The number of rotatable bonds is 2. The van der Waals surface area contributed by atoms with Crippen molar-refractivity contribution in [3.05, 3.63) is 29.6 Å². The summed E-state index contributed by atoms with van der Waals surface area (Å²) < 4.78 is 0. The molecule has 1 saturated heterocycles. The highest BCUT2D eigenvalue weighted by Crippen LogP contribution is 2.29. The molecule has 0 bridgehead atoms. The fourth-order valence-electron chi connectivity index (χ4n) is 3.30. The molecule has 0 aromatic carbocycles. The van der Waals surface area contributed by atoms with Crippen LogP contribution in [0.15, 0.2) is 18.2 Å². The monoisotopic (exact) mass is 245 g/mol. The smallest absolute Gasteiger partial charge is 0.0668 e. The second-order valence-electron chi connectivity index (χ2n) is 5.74. The number of aromatic nitrogens is 2. The number of nitrogens with zero attached hydrogens (tertiary/aromatic N) is 2. The van der Waals surface area contributed by atoms with Crippen LogP contribution < -0.4 is 0 Å². The molecule has 1 N–H and O–H groups in total. The van der Waals surface area contributed by atoms with E-state index in [0.717, 1.165) is 0 Å². The van der Waals surface area contributed by atoms with Crippen molar-refractivity contribution in [2.45, 2.75) is 51.0 Å². The Morgan fingerprint density at radius 1 is 1.33 bits per heavy atom. The van der Waals surface area contributed by atoms with Crippen molar-refractivity contribution < 1.29 is 0 Å². The zero-order valence-corrected chi connectivity index (χ0v) is 11.2. The van der Waals surface area contributed by atoms with Gasteiger partial charge in [0.25, 0.3) is 0 Å². The summed E-state index contributed by atoms with van der Waals surface area (Å²) in [6, 6.07) is 2.90. The third kappa shape index (κ3) is 2.51. The van der Waals surface area contributed by atoms with E-state index >= 15 is 0 Å². The highest BCUT2D eigenvalue weighted by molar-refractivity contribution is 5.14. The minimum Gasteiger partial charge on any atom is -0.296 e. The zero-order valence-electron chi connectivity index (χ0n) is 11.2. The van der Waals surface area contributed by atoms with Crippen LogP contribution in [0.1, 0.15) is 49.4 Å². The summed E-state index contributed by atoms with van der Waals surface area (Å²) in [5.41, 5.74) is 2.44. The quantitative estimate of drug-likeness (QED) is 0.812. The van der Waals surface area contributed by atoms with Gasteiger partial charge in [-0.1, -0.05) is 12.2 Å². The van der Waals surface area contributed by atoms with Gasteiger partial charge in [-0.25, -0.2) is 0 Å². The third-order valence-electron chi connectivity index (χ3n) is 4.29. The predicted octanol–water partition coefficient (Wildman–Crippen LogP) is 3.01. The minimum absolute atomic E-state index is 0.624. The molecule has 2 aliphatic rings. The van der Waals surface area contributed by atoms with Gasteiger partial charge in [0.1, 0.15) is 0 Å². The van der Waals surface area contributed by atoms with Crippen molar-refractivity contribution in [1.29, 1.82) is 0 Å². The lowest BCUT2D eigenvalue weighted by atomic mass is 9.91. The Bertz CT molecular complexity index is 421. The summed E-state index contributed by atoms with van der Waals surface area (Å²) in [6.07, 6.45) is 11.3. The predicted molar refractivity (Wildman–Crippen MR) is 73.7 cm³/mol. The first-order valence-electron chi connectivity index (χ1n) is 7.25. The number of aryl methyl sites for hydroxylation is 1. The molecule has 1 aromatic heterocycles. The van der Waals surface area contributed by atoms with Crippen molar-refractivity contribution in [3.8, 4) is 0 Å². The maximum Gasteiger partial charge on any atom is 0.0668 e. The highest BCUT2D eigenvalue weighted by atomic mass is 15.2. The molecule has 3 heteroatoms. The van der Waals surface area contributed by atoms with E-state index in [2.05, 4.69) is 40.2 Å². The third-order valence-corrected chi connectivity index (χ3v) is 4.29. The maximum absolute atomic E-state index is 4.45. The van der Waals surface area contributed by atoms with Crippen LogP contribution in [-0.2, 0) is 0 Å². The van der Waals surface area contributed by atoms with Crippen LogP contribution in [0, 0.1) is 6.92 Å². The van der Waals surface area contributed by atoms with Gasteiger partial charge >= 0.3 is 0 Å². The standard InChI is InChI=1S/C15H23N3/c1-12-10-15(17-16-12)13-6-5-9-18(11-13)14-7-3-2-4-8-14/h3,7,10,13-14H,2,4-6,8-9,11H2,1H3,(H,16,17)/t13-,14-/m1/s1.